The van der Waals surface area contributed by atoms with Gasteiger partial charge in [0.25, 0.3) is 5.56 Å². The second-order valence-corrected chi connectivity index (χ2v) is 8.10. The van der Waals surface area contributed by atoms with Crippen LogP contribution in [-0.4, -0.2) is 16.5 Å². The lowest BCUT2D eigenvalue weighted by atomic mass is 9.93. The standard InChI is InChI=1S/C28H24F3NO3/c1-2-3-17-35-23-15-11-20(12-16-23)25-18-24(19-7-5-4-6-8-19)26(27(33)32(25)34)21-9-13-22(14-10-21)28(29,30)31/h4-16,18,34H,2-3,17H2,1H3. The normalized spacial score (nSPS) is 11.4. The van der Waals surface area contributed by atoms with Crippen molar-refractivity contribution in [2.75, 3.05) is 6.61 Å². The summed E-state index contributed by atoms with van der Waals surface area (Å²) in [6.45, 7) is 2.67. The van der Waals surface area contributed by atoms with Crippen molar-refractivity contribution in [3.8, 4) is 39.3 Å². The Morgan fingerprint density at radius 3 is 2.09 bits per heavy atom. The Hall–Kier alpha value is -4.00. The number of ether oxygens (including phenoxy) is 1. The average molecular weight is 479 g/mol. The van der Waals surface area contributed by atoms with Crippen molar-refractivity contribution < 1.29 is 23.1 Å². The third-order valence-electron chi connectivity index (χ3n) is 5.69. The van der Waals surface area contributed by atoms with Crippen LogP contribution < -0.4 is 10.3 Å². The Bertz CT molecular complexity index is 1340. The SMILES string of the molecule is CCCCOc1ccc(-c2cc(-c3ccccc3)c(-c3ccc(C(F)(F)F)cc3)c(=O)n2O)cc1. The van der Waals surface area contributed by atoms with Gasteiger partial charge in [-0.25, -0.2) is 0 Å². The molecule has 0 fully saturated rings. The van der Waals surface area contributed by atoms with Crippen LogP contribution in [0.25, 0.3) is 33.5 Å². The molecule has 1 N–H and O–H groups in total. The molecule has 0 saturated carbocycles. The zero-order valence-corrected chi connectivity index (χ0v) is 19.0. The number of alkyl halides is 3. The number of benzene rings is 3. The summed E-state index contributed by atoms with van der Waals surface area (Å²) < 4.78 is 45.4. The van der Waals surface area contributed by atoms with Crippen molar-refractivity contribution in [3.05, 3.63) is 101 Å². The van der Waals surface area contributed by atoms with Crippen LogP contribution in [0.3, 0.4) is 0 Å². The Kier molecular flexibility index (Phi) is 6.96. The van der Waals surface area contributed by atoms with E-state index < -0.39 is 17.3 Å². The number of unbranched alkanes of at least 4 members (excludes halogenated alkanes) is 1. The Labute approximate surface area is 200 Å². The van der Waals surface area contributed by atoms with Crippen molar-refractivity contribution in [1.29, 1.82) is 0 Å². The minimum Gasteiger partial charge on any atom is -0.494 e. The molecule has 0 aliphatic heterocycles. The Morgan fingerprint density at radius 1 is 0.857 bits per heavy atom. The molecule has 1 aromatic heterocycles. The summed E-state index contributed by atoms with van der Waals surface area (Å²) in [7, 11) is 0. The van der Waals surface area contributed by atoms with Crippen LogP contribution in [0, 0.1) is 0 Å². The van der Waals surface area contributed by atoms with Crippen LogP contribution in [0.4, 0.5) is 13.2 Å². The minimum absolute atomic E-state index is 0.107. The van der Waals surface area contributed by atoms with Gasteiger partial charge in [-0.2, -0.15) is 13.2 Å². The van der Waals surface area contributed by atoms with Crippen LogP contribution in [0.2, 0.25) is 0 Å². The van der Waals surface area contributed by atoms with E-state index in [4.69, 9.17) is 4.74 Å². The molecule has 0 aliphatic rings. The maximum Gasteiger partial charge on any atom is 0.416 e. The van der Waals surface area contributed by atoms with Gasteiger partial charge >= 0.3 is 6.18 Å². The highest BCUT2D eigenvalue weighted by Crippen LogP contribution is 2.35. The molecule has 4 rings (SSSR count). The summed E-state index contributed by atoms with van der Waals surface area (Å²) in [5.74, 6) is 0.679. The van der Waals surface area contributed by atoms with Gasteiger partial charge in [0.05, 0.1) is 23.4 Å². The van der Waals surface area contributed by atoms with Gasteiger partial charge in [0.15, 0.2) is 0 Å². The third-order valence-corrected chi connectivity index (χ3v) is 5.69. The monoisotopic (exact) mass is 479 g/mol. The fourth-order valence-electron chi connectivity index (χ4n) is 3.81. The first-order valence-electron chi connectivity index (χ1n) is 11.2. The smallest absolute Gasteiger partial charge is 0.416 e. The van der Waals surface area contributed by atoms with Crippen molar-refractivity contribution >= 4 is 0 Å². The quantitative estimate of drug-likeness (QED) is 0.224. The Morgan fingerprint density at radius 2 is 1.49 bits per heavy atom. The van der Waals surface area contributed by atoms with E-state index in [0.717, 1.165) is 25.0 Å². The number of hydrogen-bond donors (Lipinski definition) is 1. The maximum absolute atomic E-state index is 13.3. The van der Waals surface area contributed by atoms with Gasteiger partial charge in [0.1, 0.15) is 5.75 Å². The first-order chi connectivity index (χ1) is 16.8. The second kappa shape index (κ2) is 10.1. The van der Waals surface area contributed by atoms with Crippen LogP contribution in [-0.2, 0) is 6.18 Å². The summed E-state index contributed by atoms with van der Waals surface area (Å²) >= 11 is 0. The summed E-state index contributed by atoms with van der Waals surface area (Å²) in [6, 6.07) is 22.1. The molecule has 0 radical (unpaired) electrons. The van der Waals surface area contributed by atoms with Crippen LogP contribution in [0.1, 0.15) is 25.3 Å². The molecule has 4 nitrogen and oxygen atoms in total. The van der Waals surface area contributed by atoms with E-state index in [1.165, 1.54) is 12.1 Å². The molecule has 0 amide bonds. The van der Waals surface area contributed by atoms with Gasteiger partial charge in [0.2, 0.25) is 0 Å². The molecule has 0 spiro atoms. The fraction of sp³-hybridized carbons (Fsp3) is 0.179. The molecule has 180 valence electrons. The highest BCUT2D eigenvalue weighted by atomic mass is 19.4. The fourth-order valence-corrected chi connectivity index (χ4v) is 3.81. The molecule has 35 heavy (non-hydrogen) atoms. The van der Waals surface area contributed by atoms with Gasteiger partial charge in [-0.05, 0) is 65.6 Å². The van der Waals surface area contributed by atoms with Gasteiger partial charge in [-0.1, -0.05) is 55.8 Å². The molecule has 7 heteroatoms. The predicted octanol–water partition coefficient (Wildman–Crippen LogP) is 7.28. The molecule has 0 saturated heterocycles. The number of pyridine rings is 1. The zero-order valence-electron chi connectivity index (χ0n) is 19.0. The first kappa shape index (κ1) is 24.1. The zero-order chi connectivity index (χ0) is 25.0. The van der Waals surface area contributed by atoms with Gasteiger partial charge < -0.3 is 9.94 Å². The number of rotatable bonds is 7. The largest absolute Gasteiger partial charge is 0.494 e. The number of hydrogen-bond acceptors (Lipinski definition) is 3. The molecular weight excluding hydrogens is 455 g/mol. The maximum atomic E-state index is 13.3. The number of halogens is 3. The average Bonchev–Trinajstić information content (AvgIpc) is 2.86. The molecule has 0 atom stereocenters. The van der Waals surface area contributed by atoms with E-state index in [9.17, 15) is 23.2 Å². The van der Waals surface area contributed by atoms with Crippen LogP contribution in [0.5, 0.6) is 5.75 Å². The van der Waals surface area contributed by atoms with Gasteiger partial charge in [-0.3, -0.25) is 4.79 Å². The van der Waals surface area contributed by atoms with E-state index in [0.29, 0.717) is 33.8 Å². The molecule has 0 aliphatic carbocycles. The lowest BCUT2D eigenvalue weighted by Crippen LogP contribution is -2.22. The molecule has 3 aromatic carbocycles. The van der Waals surface area contributed by atoms with Crippen LogP contribution >= 0.6 is 0 Å². The summed E-state index contributed by atoms with van der Waals surface area (Å²) in [6.07, 6.45) is -2.54. The van der Waals surface area contributed by atoms with E-state index in [1.54, 1.807) is 54.6 Å². The highest BCUT2D eigenvalue weighted by molar-refractivity contribution is 5.85. The first-order valence-corrected chi connectivity index (χ1v) is 11.2. The molecule has 0 bridgehead atoms. The highest BCUT2D eigenvalue weighted by Gasteiger charge is 2.30. The second-order valence-electron chi connectivity index (χ2n) is 8.10. The van der Waals surface area contributed by atoms with Crippen molar-refractivity contribution in [1.82, 2.24) is 4.73 Å². The van der Waals surface area contributed by atoms with Crippen molar-refractivity contribution in [2.24, 2.45) is 0 Å². The lowest BCUT2D eigenvalue weighted by molar-refractivity contribution is -0.137. The van der Waals surface area contributed by atoms with E-state index in [2.05, 4.69) is 6.92 Å². The van der Waals surface area contributed by atoms with Crippen molar-refractivity contribution in [2.45, 2.75) is 25.9 Å². The van der Waals surface area contributed by atoms with Crippen molar-refractivity contribution in [3.63, 3.8) is 0 Å². The molecule has 0 unspecified atom stereocenters. The van der Waals surface area contributed by atoms with E-state index in [-0.39, 0.29) is 16.8 Å². The summed E-state index contributed by atoms with van der Waals surface area (Å²) in [5, 5.41) is 10.8. The summed E-state index contributed by atoms with van der Waals surface area (Å²) in [4.78, 5) is 13.3. The Balaban J connectivity index is 1.83. The number of nitrogens with zero attached hydrogens (tertiary/aromatic N) is 1. The molecule has 4 aromatic rings. The van der Waals surface area contributed by atoms with Gasteiger partial charge in [0, 0.05) is 5.56 Å². The molecular formula is C28H24F3NO3. The molecule has 1 heterocycles. The predicted molar refractivity (Wildman–Crippen MR) is 130 cm³/mol. The van der Waals surface area contributed by atoms with E-state index in [1.807, 2.05) is 6.07 Å². The number of aromatic nitrogens is 1. The topological polar surface area (TPSA) is 51.5 Å². The van der Waals surface area contributed by atoms with Crippen LogP contribution in [0.15, 0.2) is 89.7 Å². The van der Waals surface area contributed by atoms with E-state index >= 15 is 0 Å². The summed E-state index contributed by atoms with van der Waals surface area (Å²) in [5.41, 5.74) is 0.869. The third kappa shape index (κ3) is 5.24. The lowest BCUT2D eigenvalue weighted by Gasteiger charge is -2.16. The van der Waals surface area contributed by atoms with Gasteiger partial charge in [-0.15, -0.1) is 4.73 Å². The minimum atomic E-state index is -4.49.